The number of methoxy groups -OCH3 is 3. The van der Waals surface area contributed by atoms with E-state index < -0.39 is 0 Å². The molecule has 0 heterocycles. The van der Waals surface area contributed by atoms with E-state index in [0.717, 1.165) is 52.8 Å². The highest BCUT2D eigenvalue weighted by Crippen LogP contribution is 2.33. The van der Waals surface area contributed by atoms with Crippen molar-refractivity contribution in [2.24, 2.45) is 0 Å². The lowest BCUT2D eigenvalue weighted by atomic mass is 10.1. The highest BCUT2D eigenvalue weighted by atomic mass is 32.2. The van der Waals surface area contributed by atoms with Crippen molar-refractivity contribution in [1.29, 1.82) is 0 Å². The summed E-state index contributed by atoms with van der Waals surface area (Å²) >= 11 is 1.68. The molecular weight excluding hydrogens is 346 g/mol. The highest BCUT2D eigenvalue weighted by molar-refractivity contribution is 7.98. The molecule has 0 spiro atoms. The van der Waals surface area contributed by atoms with Crippen molar-refractivity contribution >= 4 is 11.8 Å². The van der Waals surface area contributed by atoms with Crippen molar-refractivity contribution in [2.75, 3.05) is 27.6 Å². The van der Waals surface area contributed by atoms with Crippen molar-refractivity contribution in [3.63, 3.8) is 0 Å². The molecule has 26 heavy (non-hydrogen) atoms. The van der Waals surface area contributed by atoms with Gasteiger partial charge in [0.25, 0.3) is 0 Å². The van der Waals surface area contributed by atoms with Crippen molar-refractivity contribution < 1.29 is 14.2 Å². The summed E-state index contributed by atoms with van der Waals surface area (Å²) in [4.78, 5) is 1.14. The predicted molar refractivity (Wildman–Crippen MR) is 109 cm³/mol. The van der Waals surface area contributed by atoms with Crippen molar-refractivity contribution in [3.8, 4) is 17.2 Å². The molecule has 0 unspecified atom stereocenters. The third kappa shape index (κ3) is 4.96. The summed E-state index contributed by atoms with van der Waals surface area (Å²) in [5.41, 5.74) is 3.41. The van der Waals surface area contributed by atoms with Gasteiger partial charge in [-0.3, -0.25) is 0 Å². The fraction of sp³-hybridized carbons (Fsp3) is 0.333. The van der Waals surface area contributed by atoms with Crippen LogP contribution in [0.5, 0.6) is 17.2 Å². The molecule has 0 aliphatic carbocycles. The Hall–Kier alpha value is -2.11. The SMILES string of the molecule is C=CCc1cc(CNCc2ccc(SC)c(OC)c2)cc(OC)c1OC. The zero-order chi connectivity index (χ0) is 18.9. The van der Waals surface area contributed by atoms with Crippen molar-refractivity contribution in [2.45, 2.75) is 24.4 Å². The molecule has 140 valence electrons. The molecule has 0 aromatic heterocycles. The van der Waals surface area contributed by atoms with Crippen molar-refractivity contribution in [1.82, 2.24) is 5.32 Å². The quantitative estimate of drug-likeness (QED) is 0.492. The normalized spacial score (nSPS) is 10.5. The van der Waals surface area contributed by atoms with Gasteiger partial charge in [0.1, 0.15) is 5.75 Å². The second-order valence-electron chi connectivity index (χ2n) is 5.78. The maximum atomic E-state index is 5.49. The summed E-state index contributed by atoms with van der Waals surface area (Å²) in [5.74, 6) is 2.43. The van der Waals surface area contributed by atoms with E-state index in [2.05, 4.69) is 36.2 Å². The Morgan fingerprint density at radius 2 is 1.65 bits per heavy atom. The summed E-state index contributed by atoms with van der Waals surface area (Å²) in [5, 5.41) is 3.48. The Kier molecular flexibility index (Phi) is 7.88. The van der Waals surface area contributed by atoms with E-state index in [1.807, 2.05) is 18.4 Å². The third-order valence-electron chi connectivity index (χ3n) is 4.09. The zero-order valence-corrected chi connectivity index (χ0v) is 16.7. The van der Waals surface area contributed by atoms with E-state index in [1.165, 1.54) is 5.56 Å². The van der Waals surface area contributed by atoms with Crippen LogP contribution in [0.2, 0.25) is 0 Å². The zero-order valence-electron chi connectivity index (χ0n) is 15.9. The van der Waals surface area contributed by atoms with E-state index in [4.69, 9.17) is 14.2 Å². The van der Waals surface area contributed by atoms with Gasteiger partial charge < -0.3 is 19.5 Å². The number of hydrogen-bond acceptors (Lipinski definition) is 5. The van der Waals surface area contributed by atoms with Crippen LogP contribution in [0, 0.1) is 0 Å². The Morgan fingerprint density at radius 3 is 2.27 bits per heavy atom. The Morgan fingerprint density at radius 1 is 0.962 bits per heavy atom. The van der Waals surface area contributed by atoms with Crippen LogP contribution < -0.4 is 19.5 Å². The van der Waals surface area contributed by atoms with Gasteiger partial charge in [-0.1, -0.05) is 18.2 Å². The predicted octanol–water partition coefficient (Wildman–Crippen LogP) is 4.45. The number of benzene rings is 2. The lowest BCUT2D eigenvalue weighted by Crippen LogP contribution is -2.13. The molecule has 0 aliphatic rings. The molecular formula is C21H27NO3S. The van der Waals surface area contributed by atoms with Gasteiger partial charge in [0.2, 0.25) is 0 Å². The van der Waals surface area contributed by atoms with Gasteiger partial charge >= 0.3 is 0 Å². The van der Waals surface area contributed by atoms with Crippen LogP contribution in [0.15, 0.2) is 47.9 Å². The Balaban J connectivity index is 2.09. The number of hydrogen-bond donors (Lipinski definition) is 1. The summed E-state index contributed by atoms with van der Waals surface area (Å²) in [6, 6.07) is 10.4. The van der Waals surface area contributed by atoms with Gasteiger partial charge in [0.05, 0.1) is 21.3 Å². The molecule has 5 heteroatoms. The van der Waals surface area contributed by atoms with Crippen LogP contribution in [-0.2, 0) is 19.5 Å². The minimum absolute atomic E-state index is 0.733. The maximum Gasteiger partial charge on any atom is 0.164 e. The van der Waals surface area contributed by atoms with Crippen LogP contribution in [0.4, 0.5) is 0 Å². The lowest BCUT2D eigenvalue weighted by Gasteiger charge is -2.15. The molecule has 0 bridgehead atoms. The maximum absolute atomic E-state index is 5.49. The first-order valence-electron chi connectivity index (χ1n) is 8.43. The fourth-order valence-corrected chi connectivity index (χ4v) is 3.41. The summed E-state index contributed by atoms with van der Waals surface area (Å²) in [6.07, 6.45) is 4.66. The minimum Gasteiger partial charge on any atom is -0.496 e. The van der Waals surface area contributed by atoms with E-state index in [-0.39, 0.29) is 0 Å². The number of ether oxygens (including phenoxy) is 3. The van der Waals surface area contributed by atoms with E-state index in [0.29, 0.717) is 0 Å². The standard InChI is InChI=1S/C21H27NO3S/c1-6-7-17-10-16(12-19(24-3)21(17)25-4)14-22-13-15-8-9-20(26-5)18(11-15)23-2/h6,8-12,22H,1,7,13-14H2,2-5H3. The molecule has 0 atom stereocenters. The van der Waals surface area contributed by atoms with Gasteiger partial charge in [-0.25, -0.2) is 0 Å². The summed E-state index contributed by atoms with van der Waals surface area (Å²) in [6.45, 7) is 5.32. The molecule has 0 amide bonds. The van der Waals surface area contributed by atoms with Gasteiger partial charge in [-0.15, -0.1) is 18.3 Å². The van der Waals surface area contributed by atoms with Gasteiger partial charge in [-0.05, 0) is 42.0 Å². The molecule has 0 saturated heterocycles. The van der Waals surface area contributed by atoms with Crippen molar-refractivity contribution in [3.05, 3.63) is 59.7 Å². The summed E-state index contributed by atoms with van der Waals surface area (Å²) in [7, 11) is 5.03. The minimum atomic E-state index is 0.733. The third-order valence-corrected chi connectivity index (χ3v) is 4.86. The van der Waals surface area contributed by atoms with E-state index >= 15 is 0 Å². The van der Waals surface area contributed by atoms with Gasteiger partial charge in [-0.2, -0.15) is 0 Å². The van der Waals surface area contributed by atoms with Crippen LogP contribution >= 0.6 is 11.8 Å². The largest absolute Gasteiger partial charge is 0.496 e. The second-order valence-corrected chi connectivity index (χ2v) is 6.62. The van der Waals surface area contributed by atoms with E-state index in [9.17, 15) is 0 Å². The molecule has 1 N–H and O–H groups in total. The van der Waals surface area contributed by atoms with Gasteiger partial charge in [0.15, 0.2) is 11.5 Å². The first kappa shape index (κ1) is 20.2. The topological polar surface area (TPSA) is 39.7 Å². The molecule has 0 aliphatic heterocycles. The molecule has 2 aromatic carbocycles. The van der Waals surface area contributed by atoms with Crippen LogP contribution in [0.1, 0.15) is 16.7 Å². The van der Waals surface area contributed by atoms with Crippen LogP contribution in [0.3, 0.4) is 0 Å². The smallest absolute Gasteiger partial charge is 0.164 e. The fourth-order valence-electron chi connectivity index (χ4n) is 2.86. The van der Waals surface area contributed by atoms with Gasteiger partial charge in [0, 0.05) is 23.5 Å². The molecule has 4 nitrogen and oxygen atoms in total. The number of rotatable bonds is 10. The average Bonchev–Trinajstić information content (AvgIpc) is 2.67. The molecule has 0 saturated carbocycles. The average molecular weight is 374 g/mol. The van der Waals surface area contributed by atoms with Crippen LogP contribution in [-0.4, -0.2) is 27.6 Å². The molecule has 2 aromatic rings. The second kappa shape index (κ2) is 10.1. The number of thioether (sulfide) groups is 1. The molecule has 0 radical (unpaired) electrons. The number of nitrogens with one attached hydrogen (secondary N) is 1. The molecule has 2 rings (SSSR count). The Labute approximate surface area is 160 Å². The van der Waals surface area contributed by atoms with Crippen LogP contribution in [0.25, 0.3) is 0 Å². The highest BCUT2D eigenvalue weighted by Gasteiger charge is 2.11. The first-order chi connectivity index (χ1) is 12.7. The van der Waals surface area contributed by atoms with E-state index in [1.54, 1.807) is 33.1 Å². The summed E-state index contributed by atoms with van der Waals surface area (Å²) < 4.78 is 16.4. The number of allylic oxidation sites excluding steroid dienone is 1. The first-order valence-corrected chi connectivity index (χ1v) is 9.65. The monoisotopic (exact) mass is 373 g/mol. The lowest BCUT2D eigenvalue weighted by molar-refractivity contribution is 0.351. The molecule has 0 fully saturated rings. The Bertz CT molecular complexity index is 746.